The summed E-state index contributed by atoms with van der Waals surface area (Å²) in [4.78, 5) is 12.5. The average Bonchev–Trinajstić information content (AvgIpc) is 2.75. The Morgan fingerprint density at radius 3 is 2.27 bits per heavy atom. The minimum atomic E-state index is -1.03. The highest BCUT2D eigenvalue weighted by Crippen LogP contribution is 2.75. The van der Waals surface area contributed by atoms with E-state index in [-0.39, 0.29) is 22.2 Å². The molecule has 0 heterocycles. The van der Waals surface area contributed by atoms with Crippen LogP contribution in [0, 0.1) is 56.7 Å². The number of fused-ring (bicyclic) bond motifs is 7. The van der Waals surface area contributed by atoms with E-state index in [9.17, 15) is 15.0 Å². The highest BCUT2D eigenvalue weighted by Gasteiger charge is 2.69. The molecule has 5 aliphatic rings. The molecule has 0 radical (unpaired) electrons. The zero-order chi connectivity index (χ0) is 24.2. The summed E-state index contributed by atoms with van der Waals surface area (Å²) in [6, 6.07) is 0. The summed E-state index contributed by atoms with van der Waals surface area (Å²) in [7, 11) is 0. The van der Waals surface area contributed by atoms with E-state index in [1.807, 2.05) is 6.92 Å². The predicted molar refractivity (Wildman–Crippen MR) is 133 cm³/mol. The summed E-state index contributed by atoms with van der Waals surface area (Å²) >= 11 is 0. The second kappa shape index (κ2) is 7.11. The third-order valence-corrected chi connectivity index (χ3v) is 13.5. The van der Waals surface area contributed by atoms with E-state index in [0.717, 1.165) is 37.5 Å². The van der Waals surface area contributed by atoms with Crippen molar-refractivity contribution >= 4 is 5.97 Å². The molecule has 0 amide bonds. The zero-order valence-electron chi connectivity index (χ0n) is 22.2. The maximum absolute atomic E-state index is 12.5. The minimum absolute atomic E-state index is 0.0311. The third kappa shape index (κ3) is 2.75. The number of carboxylic acids is 1. The Kier molecular flexibility index (Phi) is 5.15. The molecular weight excluding hydrogens is 408 g/mol. The SMILES string of the molecule is C[C@H]1[C@H](C)CC[C@]2(C)CC[C@]3(C)C(=CC[C@@H]4[C@@]5(C)CC[C@@H](O)[C@](C)(C(=O)O)[C@@H]5CC[C@]43C)[C@@H]12. The van der Waals surface area contributed by atoms with Gasteiger partial charge in [-0.05, 0) is 116 Å². The smallest absolute Gasteiger partial charge is 0.312 e. The Hall–Kier alpha value is -0.830. The highest BCUT2D eigenvalue weighted by molar-refractivity contribution is 5.76. The van der Waals surface area contributed by atoms with Crippen molar-refractivity contribution in [2.24, 2.45) is 56.7 Å². The van der Waals surface area contributed by atoms with Gasteiger partial charge in [-0.2, -0.15) is 0 Å². The zero-order valence-corrected chi connectivity index (χ0v) is 22.2. The van der Waals surface area contributed by atoms with Crippen LogP contribution in [-0.2, 0) is 4.79 Å². The van der Waals surface area contributed by atoms with Crippen LogP contribution in [0.4, 0.5) is 0 Å². The maximum atomic E-state index is 12.5. The van der Waals surface area contributed by atoms with Crippen LogP contribution in [0.3, 0.4) is 0 Å². The molecule has 0 unspecified atom stereocenters. The van der Waals surface area contributed by atoms with Crippen LogP contribution in [0.25, 0.3) is 0 Å². The van der Waals surface area contributed by atoms with Crippen LogP contribution in [0.1, 0.15) is 106 Å². The molecule has 0 bridgehead atoms. The lowest BCUT2D eigenvalue weighted by Crippen LogP contribution is -2.66. The Balaban J connectivity index is 1.60. The molecule has 5 rings (SSSR count). The van der Waals surface area contributed by atoms with Crippen LogP contribution in [0.5, 0.6) is 0 Å². The van der Waals surface area contributed by atoms with E-state index < -0.39 is 17.5 Å². The summed E-state index contributed by atoms with van der Waals surface area (Å²) in [6.07, 6.45) is 12.0. The van der Waals surface area contributed by atoms with Crippen molar-refractivity contribution in [2.45, 2.75) is 112 Å². The number of carboxylic acid groups (broad SMARTS) is 1. The van der Waals surface area contributed by atoms with Crippen molar-refractivity contribution in [3.63, 3.8) is 0 Å². The molecule has 33 heavy (non-hydrogen) atoms. The van der Waals surface area contributed by atoms with Gasteiger partial charge in [-0.15, -0.1) is 0 Å². The van der Waals surface area contributed by atoms with Gasteiger partial charge in [0.2, 0.25) is 0 Å². The molecule has 5 aliphatic carbocycles. The van der Waals surface area contributed by atoms with Crippen molar-refractivity contribution in [3.05, 3.63) is 11.6 Å². The second-order valence-electron chi connectivity index (χ2n) is 14.4. The number of aliphatic hydroxyl groups is 1. The fourth-order valence-corrected chi connectivity index (χ4v) is 10.8. The molecule has 0 spiro atoms. The van der Waals surface area contributed by atoms with Crippen LogP contribution in [0.2, 0.25) is 0 Å². The standard InChI is InChI=1S/C30H48O3/c1-18-10-13-26(3)16-17-28(5)20(24(26)19(18)2)8-9-21-27(4)14-12-23(31)30(7,25(32)33)22(27)11-15-29(21,28)6/h8,18-19,21-24,31H,9-17H2,1-7H3,(H,32,33)/t18-,19+,21-,22-,23-,24-,26-,27-,28-,29-,30-/m1/s1. The summed E-state index contributed by atoms with van der Waals surface area (Å²) in [5, 5.41) is 21.1. The average molecular weight is 457 g/mol. The van der Waals surface area contributed by atoms with Gasteiger partial charge in [0.1, 0.15) is 0 Å². The molecule has 3 nitrogen and oxygen atoms in total. The summed E-state index contributed by atoms with van der Waals surface area (Å²) in [5.74, 6) is 1.96. The fourth-order valence-electron chi connectivity index (χ4n) is 10.8. The molecule has 2 N–H and O–H groups in total. The molecule has 0 aromatic heterocycles. The van der Waals surface area contributed by atoms with Gasteiger partial charge in [0.25, 0.3) is 0 Å². The number of aliphatic hydroxyl groups excluding tert-OH is 1. The Bertz CT molecular complexity index is 878. The van der Waals surface area contributed by atoms with E-state index in [0.29, 0.717) is 23.7 Å². The van der Waals surface area contributed by atoms with Crippen LogP contribution in [-0.4, -0.2) is 22.3 Å². The first-order valence-corrected chi connectivity index (χ1v) is 13.9. The Morgan fingerprint density at radius 1 is 0.909 bits per heavy atom. The molecule has 11 atom stereocenters. The minimum Gasteiger partial charge on any atom is -0.481 e. The van der Waals surface area contributed by atoms with Crippen LogP contribution in [0.15, 0.2) is 11.6 Å². The lowest BCUT2D eigenvalue weighted by atomic mass is 9.33. The van der Waals surface area contributed by atoms with Crippen molar-refractivity contribution < 1.29 is 15.0 Å². The van der Waals surface area contributed by atoms with Gasteiger partial charge in [-0.1, -0.05) is 53.2 Å². The van der Waals surface area contributed by atoms with Gasteiger partial charge in [-0.25, -0.2) is 0 Å². The van der Waals surface area contributed by atoms with Crippen molar-refractivity contribution in [2.75, 3.05) is 0 Å². The molecule has 0 saturated heterocycles. The van der Waals surface area contributed by atoms with Gasteiger partial charge in [0, 0.05) is 0 Å². The third-order valence-electron chi connectivity index (χ3n) is 13.5. The molecular formula is C30H48O3. The normalized spacial score (nSPS) is 58.2. The van der Waals surface area contributed by atoms with E-state index in [1.54, 1.807) is 5.57 Å². The predicted octanol–water partition coefficient (Wildman–Crippen LogP) is 7.09. The van der Waals surface area contributed by atoms with E-state index >= 15 is 0 Å². The lowest BCUT2D eigenvalue weighted by Gasteiger charge is -2.71. The number of allylic oxidation sites excluding steroid dienone is 2. The van der Waals surface area contributed by atoms with E-state index in [2.05, 4.69) is 47.6 Å². The summed E-state index contributed by atoms with van der Waals surface area (Å²) in [5.41, 5.74) is 1.56. The van der Waals surface area contributed by atoms with Gasteiger partial charge < -0.3 is 10.2 Å². The maximum Gasteiger partial charge on any atom is 0.312 e. The fraction of sp³-hybridized carbons (Fsp3) is 0.900. The second-order valence-corrected chi connectivity index (χ2v) is 14.4. The van der Waals surface area contributed by atoms with E-state index in [4.69, 9.17) is 0 Å². The van der Waals surface area contributed by atoms with Gasteiger partial charge >= 0.3 is 5.97 Å². The molecule has 4 fully saturated rings. The number of hydrogen-bond acceptors (Lipinski definition) is 2. The molecule has 0 aromatic rings. The number of aliphatic carboxylic acids is 1. The molecule has 4 saturated carbocycles. The summed E-state index contributed by atoms with van der Waals surface area (Å²) < 4.78 is 0. The first-order valence-electron chi connectivity index (χ1n) is 13.9. The Labute approximate surface area is 201 Å². The van der Waals surface area contributed by atoms with Crippen LogP contribution < -0.4 is 0 Å². The first-order chi connectivity index (χ1) is 15.3. The summed E-state index contributed by atoms with van der Waals surface area (Å²) in [6.45, 7) is 17.0. The molecule has 186 valence electrons. The first kappa shape index (κ1) is 23.9. The van der Waals surface area contributed by atoms with Gasteiger partial charge in [0.15, 0.2) is 0 Å². The quantitative estimate of drug-likeness (QED) is 0.414. The monoisotopic (exact) mass is 456 g/mol. The Morgan fingerprint density at radius 2 is 1.61 bits per heavy atom. The topological polar surface area (TPSA) is 57.5 Å². The van der Waals surface area contributed by atoms with Gasteiger partial charge in [0.05, 0.1) is 11.5 Å². The molecule has 0 aromatic carbocycles. The van der Waals surface area contributed by atoms with Crippen molar-refractivity contribution in [1.29, 1.82) is 0 Å². The molecule has 0 aliphatic heterocycles. The van der Waals surface area contributed by atoms with Crippen molar-refractivity contribution in [1.82, 2.24) is 0 Å². The molecule has 3 heteroatoms. The number of carbonyl (C=O) groups is 1. The lowest BCUT2D eigenvalue weighted by molar-refractivity contribution is -0.217. The largest absolute Gasteiger partial charge is 0.481 e. The van der Waals surface area contributed by atoms with Crippen molar-refractivity contribution in [3.8, 4) is 0 Å². The number of hydrogen-bond donors (Lipinski definition) is 2. The highest BCUT2D eigenvalue weighted by atomic mass is 16.4. The van der Waals surface area contributed by atoms with Crippen LogP contribution >= 0.6 is 0 Å². The van der Waals surface area contributed by atoms with E-state index in [1.165, 1.54) is 25.7 Å². The number of rotatable bonds is 1. The van der Waals surface area contributed by atoms with Gasteiger partial charge in [-0.3, -0.25) is 4.79 Å².